The summed E-state index contributed by atoms with van der Waals surface area (Å²) >= 11 is 0. The topological polar surface area (TPSA) is 52.7 Å². The van der Waals surface area contributed by atoms with Crippen LogP contribution in [-0.4, -0.2) is 29.9 Å². The zero-order valence-electron chi connectivity index (χ0n) is 15.4. The number of hydrogen-bond donors (Lipinski definition) is 1. The second-order valence-corrected chi connectivity index (χ2v) is 6.23. The third-order valence-corrected chi connectivity index (χ3v) is 4.58. The third kappa shape index (κ3) is 4.00. The standard InChI is InChI=1S/C21H22FN3O2/c1-3-24(4-2)17-11-9-15(10-12-17)13-19-20(26)25(21(27)23-19)14-16-7-5-6-8-18(16)22/h5-13H,3-4,14H2,1-2H3,(H,23,27)/b19-13+. The molecule has 1 aliphatic rings. The maximum absolute atomic E-state index is 13.8. The van der Waals surface area contributed by atoms with Crippen molar-refractivity contribution in [3.8, 4) is 0 Å². The van der Waals surface area contributed by atoms with Gasteiger partial charge in [-0.3, -0.25) is 9.69 Å². The number of amides is 3. The van der Waals surface area contributed by atoms with Gasteiger partial charge in [-0.2, -0.15) is 0 Å². The van der Waals surface area contributed by atoms with Gasteiger partial charge in [-0.1, -0.05) is 30.3 Å². The predicted molar refractivity (Wildman–Crippen MR) is 103 cm³/mol. The molecule has 0 saturated carbocycles. The SMILES string of the molecule is CCN(CC)c1ccc(/C=C2/NC(=O)N(Cc3ccccc3F)C2=O)cc1. The first-order valence-electron chi connectivity index (χ1n) is 8.96. The Balaban J connectivity index is 1.77. The first-order valence-corrected chi connectivity index (χ1v) is 8.96. The van der Waals surface area contributed by atoms with Crippen molar-refractivity contribution in [1.82, 2.24) is 10.2 Å². The van der Waals surface area contributed by atoms with Gasteiger partial charge in [0.1, 0.15) is 11.5 Å². The molecular formula is C21H22FN3O2. The number of hydrogen-bond acceptors (Lipinski definition) is 3. The van der Waals surface area contributed by atoms with Gasteiger partial charge < -0.3 is 10.2 Å². The van der Waals surface area contributed by atoms with Crippen molar-refractivity contribution < 1.29 is 14.0 Å². The fourth-order valence-corrected chi connectivity index (χ4v) is 3.05. The smallest absolute Gasteiger partial charge is 0.329 e. The number of nitrogens with zero attached hydrogens (tertiary/aromatic N) is 2. The van der Waals surface area contributed by atoms with E-state index in [1.165, 1.54) is 6.07 Å². The highest BCUT2D eigenvalue weighted by Gasteiger charge is 2.33. The van der Waals surface area contributed by atoms with E-state index in [9.17, 15) is 14.0 Å². The van der Waals surface area contributed by atoms with Crippen molar-refractivity contribution >= 4 is 23.7 Å². The summed E-state index contributed by atoms with van der Waals surface area (Å²) in [5.41, 5.74) is 2.39. The van der Waals surface area contributed by atoms with Crippen LogP contribution in [0.2, 0.25) is 0 Å². The largest absolute Gasteiger partial charge is 0.372 e. The number of halogens is 1. The summed E-state index contributed by atoms with van der Waals surface area (Å²) in [5, 5.41) is 2.57. The van der Waals surface area contributed by atoms with Crippen LogP contribution in [0.25, 0.3) is 6.08 Å². The minimum absolute atomic E-state index is 0.102. The van der Waals surface area contributed by atoms with Crippen molar-refractivity contribution in [3.05, 3.63) is 71.2 Å². The summed E-state index contributed by atoms with van der Waals surface area (Å²) in [5.74, 6) is -0.904. The van der Waals surface area contributed by atoms with E-state index in [-0.39, 0.29) is 12.2 Å². The van der Waals surface area contributed by atoms with Crippen LogP contribution >= 0.6 is 0 Å². The molecule has 0 atom stereocenters. The first-order chi connectivity index (χ1) is 13.0. The zero-order valence-corrected chi connectivity index (χ0v) is 15.4. The summed E-state index contributed by atoms with van der Waals surface area (Å²) < 4.78 is 13.8. The highest BCUT2D eigenvalue weighted by atomic mass is 19.1. The molecule has 3 amide bonds. The van der Waals surface area contributed by atoms with Gasteiger partial charge in [0.05, 0.1) is 6.54 Å². The van der Waals surface area contributed by atoms with Gasteiger partial charge in [0.15, 0.2) is 0 Å². The average Bonchev–Trinajstić information content (AvgIpc) is 2.93. The lowest BCUT2D eigenvalue weighted by Crippen LogP contribution is -2.30. The van der Waals surface area contributed by atoms with Crippen LogP contribution in [0.5, 0.6) is 0 Å². The maximum atomic E-state index is 13.8. The molecule has 0 unspecified atom stereocenters. The molecule has 1 saturated heterocycles. The van der Waals surface area contributed by atoms with E-state index in [2.05, 4.69) is 24.1 Å². The Labute approximate surface area is 158 Å². The normalized spacial score (nSPS) is 15.4. The molecule has 2 aromatic carbocycles. The molecule has 0 spiro atoms. The highest BCUT2D eigenvalue weighted by Crippen LogP contribution is 2.20. The fraction of sp³-hybridized carbons (Fsp3) is 0.238. The summed E-state index contributed by atoms with van der Waals surface area (Å²) in [7, 11) is 0. The average molecular weight is 367 g/mol. The molecule has 5 nitrogen and oxygen atoms in total. The molecule has 1 aliphatic heterocycles. The van der Waals surface area contributed by atoms with Crippen LogP contribution in [0, 0.1) is 5.82 Å². The van der Waals surface area contributed by atoms with E-state index in [4.69, 9.17) is 0 Å². The molecule has 1 fully saturated rings. The molecule has 27 heavy (non-hydrogen) atoms. The Morgan fingerprint density at radius 3 is 2.33 bits per heavy atom. The molecule has 0 aromatic heterocycles. The van der Waals surface area contributed by atoms with Crippen LogP contribution in [0.4, 0.5) is 14.9 Å². The van der Waals surface area contributed by atoms with Gasteiger partial charge in [0.25, 0.3) is 5.91 Å². The Hall–Kier alpha value is -3.15. The van der Waals surface area contributed by atoms with E-state index >= 15 is 0 Å². The van der Waals surface area contributed by atoms with Crippen LogP contribution in [-0.2, 0) is 11.3 Å². The number of rotatable bonds is 6. The number of nitrogens with one attached hydrogen (secondary N) is 1. The third-order valence-electron chi connectivity index (χ3n) is 4.58. The minimum Gasteiger partial charge on any atom is -0.372 e. The van der Waals surface area contributed by atoms with Gasteiger partial charge in [-0.15, -0.1) is 0 Å². The van der Waals surface area contributed by atoms with Gasteiger partial charge in [0.2, 0.25) is 0 Å². The number of imide groups is 1. The Kier molecular flexibility index (Phi) is 5.54. The lowest BCUT2D eigenvalue weighted by molar-refractivity contribution is -0.123. The lowest BCUT2D eigenvalue weighted by Gasteiger charge is -2.20. The molecule has 0 bridgehead atoms. The van der Waals surface area contributed by atoms with E-state index in [0.717, 1.165) is 29.2 Å². The van der Waals surface area contributed by atoms with Crippen LogP contribution in [0.1, 0.15) is 25.0 Å². The summed E-state index contributed by atoms with van der Waals surface area (Å²) in [6.45, 7) is 5.91. The Morgan fingerprint density at radius 1 is 1.04 bits per heavy atom. The Bertz CT molecular complexity index is 873. The summed E-state index contributed by atoms with van der Waals surface area (Å²) in [6, 6.07) is 13.3. The van der Waals surface area contributed by atoms with E-state index in [1.807, 2.05) is 24.3 Å². The molecule has 3 rings (SSSR count). The van der Waals surface area contributed by atoms with Crippen LogP contribution in [0.3, 0.4) is 0 Å². The molecule has 2 aromatic rings. The number of carbonyl (C=O) groups is 2. The summed E-state index contributed by atoms with van der Waals surface area (Å²) in [6.07, 6.45) is 1.63. The van der Waals surface area contributed by atoms with Crippen molar-refractivity contribution in [1.29, 1.82) is 0 Å². The molecular weight excluding hydrogens is 345 g/mol. The second kappa shape index (κ2) is 8.03. The number of benzene rings is 2. The Morgan fingerprint density at radius 2 is 1.70 bits per heavy atom. The number of carbonyl (C=O) groups excluding carboxylic acids is 2. The molecule has 6 heteroatoms. The zero-order chi connectivity index (χ0) is 19.4. The number of anilines is 1. The molecule has 0 radical (unpaired) electrons. The molecule has 1 N–H and O–H groups in total. The van der Waals surface area contributed by atoms with Crippen molar-refractivity contribution in [3.63, 3.8) is 0 Å². The number of urea groups is 1. The first kappa shape index (κ1) is 18.6. The maximum Gasteiger partial charge on any atom is 0.329 e. The lowest BCUT2D eigenvalue weighted by atomic mass is 10.1. The second-order valence-electron chi connectivity index (χ2n) is 6.23. The fourth-order valence-electron chi connectivity index (χ4n) is 3.05. The molecule has 140 valence electrons. The molecule has 0 aliphatic carbocycles. The van der Waals surface area contributed by atoms with Crippen molar-refractivity contribution in [2.24, 2.45) is 0 Å². The van der Waals surface area contributed by atoms with Crippen LogP contribution < -0.4 is 10.2 Å². The van der Waals surface area contributed by atoms with Crippen molar-refractivity contribution in [2.45, 2.75) is 20.4 Å². The van der Waals surface area contributed by atoms with Gasteiger partial charge in [-0.05, 0) is 43.7 Å². The highest BCUT2D eigenvalue weighted by molar-refractivity contribution is 6.13. The minimum atomic E-state index is -0.547. The quantitative estimate of drug-likeness (QED) is 0.625. The summed E-state index contributed by atoms with van der Waals surface area (Å²) in [4.78, 5) is 27.9. The van der Waals surface area contributed by atoms with E-state index < -0.39 is 17.8 Å². The van der Waals surface area contributed by atoms with E-state index in [1.54, 1.807) is 24.3 Å². The van der Waals surface area contributed by atoms with Gasteiger partial charge >= 0.3 is 6.03 Å². The van der Waals surface area contributed by atoms with Crippen LogP contribution in [0.15, 0.2) is 54.2 Å². The van der Waals surface area contributed by atoms with Gasteiger partial charge in [0, 0.05) is 24.3 Å². The van der Waals surface area contributed by atoms with Gasteiger partial charge in [-0.25, -0.2) is 9.18 Å². The predicted octanol–water partition coefficient (Wildman–Crippen LogP) is 3.76. The van der Waals surface area contributed by atoms with E-state index in [0.29, 0.717) is 5.56 Å². The monoisotopic (exact) mass is 367 g/mol. The molecule has 1 heterocycles. The van der Waals surface area contributed by atoms with Crippen molar-refractivity contribution in [2.75, 3.05) is 18.0 Å².